The van der Waals surface area contributed by atoms with Crippen LogP contribution < -0.4 is 0 Å². The van der Waals surface area contributed by atoms with Gasteiger partial charge in [0.05, 0.1) is 0 Å². The minimum Gasteiger partial charge on any atom is -0.177 e. The summed E-state index contributed by atoms with van der Waals surface area (Å²) >= 11 is 0. The molecule has 1 unspecified atom stereocenters. The first-order valence-electron chi connectivity index (χ1n) is 4.97. The van der Waals surface area contributed by atoms with Crippen molar-refractivity contribution >= 4 is 0 Å². The maximum Gasteiger partial charge on any atom is 0.180 e. The van der Waals surface area contributed by atoms with Crippen molar-refractivity contribution in [1.29, 1.82) is 0 Å². The van der Waals surface area contributed by atoms with Gasteiger partial charge in [0.15, 0.2) is 5.82 Å². The second-order valence-corrected chi connectivity index (χ2v) is 3.75. The van der Waals surface area contributed by atoms with Crippen molar-refractivity contribution < 1.29 is 0 Å². The molecule has 0 radical (unpaired) electrons. The van der Waals surface area contributed by atoms with Gasteiger partial charge in [-0.2, -0.15) is 5.21 Å². The molecule has 74 valence electrons. The van der Waals surface area contributed by atoms with E-state index >= 15 is 0 Å². The molecule has 1 aromatic heterocycles. The highest BCUT2D eigenvalue weighted by Crippen LogP contribution is 2.29. The van der Waals surface area contributed by atoms with E-state index in [0.29, 0.717) is 0 Å². The fraction of sp³-hybridized carbons (Fsp3) is 0.889. The van der Waals surface area contributed by atoms with E-state index in [2.05, 4.69) is 41.4 Å². The van der Waals surface area contributed by atoms with Gasteiger partial charge in [-0.25, -0.2) is 0 Å². The summed E-state index contributed by atoms with van der Waals surface area (Å²) in [7, 11) is 0. The number of hydrogen-bond acceptors (Lipinski definition) is 3. The monoisotopic (exact) mass is 182 g/mol. The van der Waals surface area contributed by atoms with Gasteiger partial charge in [-0.15, -0.1) is 10.2 Å². The topological polar surface area (TPSA) is 54.5 Å². The van der Waals surface area contributed by atoms with E-state index in [-0.39, 0.29) is 5.41 Å². The van der Waals surface area contributed by atoms with E-state index in [9.17, 15) is 0 Å². The van der Waals surface area contributed by atoms with Crippen molar-refractivity contribution in [2.75, 3.05) is 0 Å². The normalized spacial score (nSPS) is 15.6. The first kappa shape index (κ1) is 10.2. The molecule has 0 amide bonds. The number of nitrogens with zero attached hydrogens (tertiary/aromatic N) is 3. The van der Waals surface area contributed by atoms with Crippen LogP contribution in [0.5, 0.6) is 0 Å². The Morgan fingerprint density at radius 2 is 2.15 bits per heavy atom. The lowest BCUT2D eigenvalue weighted by Gasteiger charge is -2.23. The molecule has 1 aromatic rings. The third-order valence-corrected chi connectivity index (χ3v) is 2.75. The smallest absolute Gasteiger partial charge is 0.177 e. The zero-order chi connectivity index (χ0) is 9.73. The highest BCUT2D eigenvalue weighted by Gasteiger charge is 2.28. The predicted octanol–water partition coefficient (Wildman–Crippen LogP) is 2.06. The van der Waals surface area contributed by atoms with Gasteiger partial charge in [-0.3, -0.25) is 0 Å². The van der Waals surface area contributed by atoms with Gasteiger partial charge in [-0.1, -0.05) is 38.8 Å². The Morgan fingerprint density at radius 3 is 2.62 bits per heavy atom. The van der Waals surface area contributed by atoms with Gasteiger partial charge < -0.3 is 0 Å². The van der Waals surface area contributed by atoms with Crippen LogP contribution >= 0.6 is 0 Å². The molecule has 1 rings (SSSR count). The fourth-order valence-electron chi connectivity index (χ4n) is 1.43. The van der Waals surface area contributed by atoms with Crippen LogP contribution in [0.25, 0.3) is 0 Å². The number of H-pyrrole nitrogens is 1. The lowest BCUT2D eigenvalue weighted by molar-refractivity contribution is 0.381. The molecule has 0 fully saturated rings. The Balaban J connectivity index is 2.69. The zero-order valence-electron chi connectivity index (χ0n) is 8.67. The lowest BCUT2D eigenvalue weighted by Crippen LogP contribution is -2.22. The Labute approximate surface area is 79.1 Å². The van der Waals surface area contributed by atoms with Crippen LogP contribution in [0.1, 0.15) is 52.3 Å². The van der Waals surface area contributed by atoms with Crippen LogP contribution in [0.2, 0.25) is 0 Å². The summed E-state index contributed by atoms with van der Waals surface area (Å²) in [5.41, 5.74) is 0.100. The van der Waals surface area contributed by atoms with Crippen LogP contribution in [0, 0.1) is 0 Å². The first-order valence-corrected chi connectivity index (χ1v) is 4.97. The molecule has 4 nitrogen and oxygen atoms in total. The van der Waals surface area contributed by atoms with E-state index in [4.69, 9.17) is 0 Å². The molecule has 0 aromatic carbocycles. The molecule has 0 saturated heterocycles. The molecule has 0 saturated carbocycles. The minimum atomic E-state index is 0.100. The summed E-state index contributed by atoms with van der Waals surface area (Å²) in [6.07, 6.45) is 4.64. The number of unbranched alkanes of at least 4 members (excludes halogenated alkanes) is 1. The standard InChI is InChI=1S/C9H18N4/c1-4-6-7-9(3,5-2)8-10-12-13-11-8/h4-7H2,1-3H3,(H,10,11,12,13). The third-order valence-electron chi connectivity index (χ3n) is 2.75. The molecule has 4 heteroatoms. The van der Waals surface area contributed by atoms with Gasteiger partial charge in [0.2, 0.25) is 0 Å². The molecule has 1 heterocycles. The molecule has 0 aliphatic carbocycles. The molecule has 13 heavy (non-hydrogen) atoms. The molecule has 0 bridgehead atoms. The summed E-state index contributed by atoms with van der Waals surface area (Å²) in [5.74, 6) is 0.850. The van der Waals surface area contributed by atoms with Gasteiger partial charge in [0.25, 0.3) is 0 Å². The molecule has 1 N–H and O–H groups in total. The Morgan fingerprint density at radius 1 is 1.38 bits per heavy atom. The number of nitrogens with one attached hydrogen (secondary N) is 1. The van der Waals surface area contributed by atoms with E-state index < -0.39 is 0 Å². The molecule has 0 spiro atoms. The van der Waals surface area contributed by atoms with E-state index in [1.165, 1.54) is 12.8 Å². The van der Waals surface area contributed by atoms with E-state index in [0.717, 1.165) is 18.7 Å². The van der Waals surface area contributed by atoms with Crippen LogP contribution in [-0.2, 0) is 5.41 Å². The predicted molar refractivity (Wildman–Crippen MR) is 51.3 cm³/mol. The van der Waals surface area contributed by atoms with Crippen molar-refractivity contribution in [3.8, 4) is 0 Å². The van der Waals surface area contributed by atoms with Crippen LogP contribution in [-0.4, -0.2) is 20.6 Å². The largest absolute Gasteiger partial charge is 0.180 e. The van der Waals surface area contributed by atoms with Crippen LogP contribution in [0.4, 0.5) is 0 Å². The van der Waals surface area contributed by atoms with Crippen molar-refractivity contribution in [3.05, 3.63) is 5.82 Å². The second-order valence-electron chi connectivity index (χ2n) is 3.75. The molecular weight excluding hydrogens is 164 g/mol. The van der Waals surface area contributed by atoms with Crippen LogP contribution in [0.3, 0.4) is 0 Å². The maximum atomic E-state index is 4.06. The van der Waals surface area contributed by atoms with Crippen LogP contribution in [0.15, 0.2) is 0 Å². The van der Waals surface area contributed by atoms with Gasteiger partial charge in [-0.05, 0) is 12.8 Å². The molecule has 1 atom stereocenters. The second kappa shape index (κ2) is 4.35. The molecule has 0 aliphatic rings. The average molecular weight is 182 g/mol. The summed E-state index contributed by atoms with van der Waals surface area (Å²) < 4.78 is 0. The number of aromatic nitrogens is 4. The number of tetrazole rings is 1. The lowest BCUT2D eigenvalue weighted by atomic mass is 9.82. The Hall–Kier alpha value is -0.930. The minimum absolute atomic E-state index is 0.100. The molecular formula is C9H18N4. The number of aromatic amines is 1. The average Bonchev–Trinajstić information content (AvgIpc) is 2.67. The zero-order valence-corrected chi connectivity index (χ0v) is 8.67. The fourth-order valence-corrected chi connectivity index (χ4v) is 1.43. The van der Waals surface area contributed by atoms with Gasteiger partial charge in [0, 0.05) is 5.41 Å². The van der Waals surface area contributed by atoms with Crippen molar-refractivity contribution in [2.45, 2.75) is 51.9 Å². The Kier molecular flexibility index (Phi) is 3.39. The highest BCUT2D eigenvalue weighted by atomic mass is 15.5. The Bertz CT molecular complexity index is 232. The quantitative estimate of drug-likeness (QED) is 0.758. The summed E-state index contributed by atoms with van der Waals surface area (Å²) in [5, 5.41) is 14.3. The van der Waals surface area contributed by atoms with Gasteiger partial charge in [0.1, 0.15) is 0 Å². The highest BCUT2D eigenvalue weighted by molar-refractivity contribution is 5.01. The van der Waals surface area contributed by atoms with Crippen molar-refractivity contribution in [3.63, 3.8) is 0 Å². The SMILES string of the molecule is CCCCC(C)(CC)c1nn[nH]n1. The number of hydrogen-bond donors (Lipinski definition) is 1. The van der Waals surface area contributed by atoms with Crippen molar-refractivity contribution in [2.24, 2.45) is 0 Å². The summed E-state index contributed by atoms with van der Waals surface area (Å²) in [6, 6.07) is 0. The van der Waals surface area contributed by atoms with E-state index in [1.54, 1.807) is 0 Å². The van der Waals surface area contributed by atoms with E-state index in [1.807, 2.05) is 0 Å². The first-order chi connectivity index (χ1) is 6.23. The maximum absolute atomic E-state index is 4.06. The van der Waals surface area contributed by atoms with Crippen molar-refractivity contribution in [1.82, 2.24) is 20.6 Å². The third kappa shape index (κ3) is 2.26. The number of rotatable bonds is 5. The molecule has 0 aliphatic heterocycles. The van der Waals surface area contributed by atoms with Gasteiger partial charge >= 0.3 is 0 Å². The summed E-state index contributed by atoms with van der Waals surface area (Å²) in [4.78, 5) is 0. The summed E-state index contributed by atoms with van der Waals surface area (Å²) in [6.45, 7) is 6.58.